The van der Waals surface area contributed by atoms with Crippen molar-refractivity contribution < 1.29 is 14.7 Å². The predicted molar refractivity (Wildman–Crippen MR) is 76.4 cm³/mol. The van der Waals surface area contributed by atoms with Crippen LogP contribution in [0.1, 0.15) is 39.5 Å². The zero-order valence-corrected chi connectivity index (χ0v) is 12.7. The number of nitrogens with zero attached hydrogens (tertiary/aromatic N) is 2. The van der Waals surface area contributed by atoms with Crippen molar-refractivity contribution in [3.05, 3.63) is 0 Å². The van der Waals surface area contributed by atoms with Gasteiger partial charge in [0, 0.05) is 25.2 Å². The molecule has 1 saturated heterocycles. The molecule has 0 radical (unpaired) electrons. The molecule has 2 fully saturated rings. The summed E-state index contributed by atoms with van der Waals surface area (Å²) in [6, 6.07) is 0.657. The highest BCUT2D eigenvalue weighted by molar-refractivity contribution is 5.85. The van der Waals surface area contributed by atoms with E-state index in [1.807, 2.05) is 4.90 Å². The molecule has 1 aliphatic carbocycles. The van der Waals surface area contributed by atoms with Crippen molar-refractivity contribution >= 4 is 11.9 Å². The van der Waals surface area contributed by atoms with Gasteiger partial charge in [-0.15, -0.1) is 0 Å². The molecule has 0 bridgehead atoms. The topological polar surface area (TPSA) is 60.9 Å². The number of piperazine rings is 1. The van der Waals surface area contributed by atoms with Gasteiger partial charge < -0.3 is 10.0 Å². The molecule has 1 aliphatic heterocycles. The third kappa shape index (κ3) is 2.97. The third-order valence-corrected chi connectivity index (χ3v) is 5.07. The van der Waals surface area contributed by atoms with Crippen molar-refractivity contribution in [2.75, 3.05) is 20.1 Å². The van der Waals surface area contributed by atoms with Gasteiger partial charge in [0.15, 0.2) is 0 Å². The summed E-state index contributed by atoms with van der Waals surface area (Å²) >= 11 is 0. The van der Waals surface area contributed by atoms with Gasteiger partial charge in [-0.1, -0.05) is 12.8 Å². The van der Waals surface area contributed by atoms with E-state index >= 15 is 0 Å². The zero-order valence-electron chi connectivity index (χ0n) is 12.7. The van der Waals surface area contributed by atoms with Gasteiger partial charge >= 0.3 is 5.97 Å². The van der Waals surface area contributed by atoms with E-state index in [-0.39, 0.29) is 11.8 Å². The standard InChI is InChI=1S/C15H26N2O3/c1-10-8-17(9-11(2)16(10)3)14(18)12-6-4-5-7-13(12)15(19)20/h10-13H,4-9H2,1-3H3,(H,19,20). The van der Waals surface area contributed by atoms with Gasteiger partial charge in [0.05, 0.1) is 11.8 Å². The molecular weight excluding hydrogens is 256 g/mol. The van der Waals surface area contributed by atoms with Crippen LogP contribution in [0.2, 0.25) is 0 Å². The number of carboxylic acids is 1. The van der Waals surface area contributed by atoms with Crippen LogP contribution in [0.3, 0.4) is 0 Å². The number of hydrogen-bond acceptors (Lipinski definition) is 3. The highest BCUT2D eigenvalue weighted by Crippen LogP contribution is 2.32. The minimum Gasteiger partial charge on any atom is -0.481 e. The normalized spacial score (nSPS) is 35.9. The summed E-state index contributed by atoms with van der Waals surface area (Å²) in [7, 11) is 2.08. The van der Waals surface area contributed by atoms with Gasteiger partial charge in [-0.2, -0.15) is 0 Å². The van der Waals surface area contributed by atoms with E-state index in [9.17, 15) is 14.7 Å². The average molecular weight is 282 g/mol. The monoisotopic (exact) mass is 282 g/mol. The highest BCUT2D eigenvalue weighted by atomic mass is 16.4. The van der Waals surface area contributed by atoms with Crippen LogP contribution in [0, 0.1) is 11.8 Å². The number of likely N-dealkylation sites (N-methyl/N-ethyl adjacent to an activating group) is 1. The Balaban J connectivity index is 2.07. The average Bonchev–Trinajstić information content (AvgIpc) is 2.43. The molecule has 1 amide bonds. The lowest BCUT2D eigenvalue weighted by atomic mass is 9.78. The first-order valence-electron chi connectivity index (χ1n) is 7.65. The molecule has 2 aliphatic rings. The Morgan fingerprint density at radius 3 is 2.00 bits per heavy atom. The predicted octanol–water partition coefficient (Wildman–Crippen LogP) is 1.43. The summed E-state index contributed by atoms with van der Waals surface area (Å²) in [5, 5.41) is 9.32. The second kappa shape index (κ2) is 6.12. The summed E-state index contributed by atoms with van der Waals surface area (Å²) in [5.74, 6) is -1.55. The Morgan fingerprint density at radius 1 is 1.00 bits per heavy atom. The Kier molecular flexibility index (Phi) is 4.68. The van der Waals surface area contributed by atoms with E-state index in [1.165, 1.54) is 0 Å². The zero-order chi connectivity index (χ0) is 14.9. The van der Waals surface area contributed by atoms with Gasteiger partial charge in [-0.05, 0) is 33.7 Å². The molecule has 0 aromatic carbocycles. The van der Waals surface area contributed by atoms with E-state index in [0.717, 1.165) is 19.3 Å². The first-order chi connectivity index (χ1) is 9.41. The Morgan fingerprint density at radius 2 is 1.50 bits per heavy atom. The third-order valence-electron chi connectivity index (χ3n) is 5.07. The lowest BCUT2D eigenvalue weighted by molar-refractivity contribution is -0.154. The SMILES string of the molecule is CC1CN(C(=O)C2CCCCC2C(=O)O)CC(C)N1C. The smallest absolute Gasteiger partial charge is 0.307 e. The van der Waals surface area contributed by atoms with E-state index in [4.69, 9.17) is 0 Å². The van der Waals surface area contributed by atoms with Crippen LogP contribution in [-0.2, 0) is 9.59 Å². The molecule has 114 valence electrons. The second-order valence-electron chi connectivity index (χ2n) is 6.44. The fourth-order valence-corrected chi connectivity index (χ4v) is 3.54. The van der Waals surface area contributed by atoms with Crippen LogP contribution in [-0.4, -0.2) is 59.0 Å². The number of aliphatic carboxylic acids is 1. The van der Waals surface area contributed by atoms with Gasteiger partial charge in [0.2, 0.25) is 5.91 Å². The maximum atomic E-state index is 12.7. The summed E-state index contributed by atoms with van der Waals surface area (Å²) in [6.45, 7) is 5.65. The van der Waals surface area contributed by atoms with Gasteiger partial charge in [0.25, 0.3) is 0 Å². The molecule has 1 N–H and O–H groups in total. The first-order valence-corrected chi connectivity index (χ1v) is 7.65. The molecule has 2 rings (SSSR count). The molecule has 1 saturated carbocycles. The summed E-state index contributed by atoms with van der Waals surface area (Å²) in [4.78, 5) is 28.2. The summed E-state index contributed by atoms with van der Waals surface area (Å²) in [5.41, 5.74) is 0. The molecule has 20 heavy (non-hydrogen) atoms. The van der Waals surface area contributed by atoms with Gasteiger partial charge in [0.1, 0.15) is 0 Å². The lowest BCUT2D eigenvalue weighted by Crippen LogP contribution is -2.58. The van der Waals surface area contributed by atoms with E-state index in [0.29, 0.717) is 31.6 Å². The minimum atomic E-state index is -0.807. The maximum Gasteiger partial charge on any atom is 0.307 e. The van der Waals surface area contributed by atoms with Crippen molar-refractivity contribution in [2.24, 2.45) is 11.8 Å². The fourth-order valence-electron chi connectivity index (χ4n) is 3.54. The van der Waals surface area contributed by atoms with Crippen LogP contribution in [0.4, 0.5) is 0 Å². The molecule has 4 atom stereocenters. The number of hydrogen-bond donors (Lipinski definition) is 1. The Labute approximate surface area is 120 Å². The Bertz CT molecular complexity index is 373. The molecular formula is C15H26N2O3. The Hall–Kier alpha value is -1.10. The molecule has 0 aromatic rings. The van der Waals surface area contributed by atoms with Crippen molar-refractivity contribution in [3.63, 3.8) is 0 Å². The van der Waals surface area contributed by atoms with E-state index in [2.05, 4.69) is 25.8 Å². The molecule has 5 heteroatoms. The number of amides is 1. The van der Waals surface area contributed by atoms with Crippen molar-refractivity contribution in [1.82, 2.24) is 9.80 Å². The minimum absolute atomic E-state index is 0.0592. The van der Waals surface area contributed by atoms with Crippen LogP contribution in [0.15, 0.2) is 0 Å². The highest BCUT2D eigenvalue weighted by Gasteiger charge is 2.40. The molecule has 5 nitrogen and oxygen atoms in total. The number of carbonyl (C=O) groups is 2. The van der Waals surface area contributed by atoms with Gasteiger partial charge in [-0.25, -0.2) is 0 Å². The van der Waals surface area contributed by atoms with Crippen molar-refractivity contribution in [1.29, 1.82) is 0 Å². The second-order valence-corrected chi connectivity index (χ2v) is 6.44. The lowest BCUT2D eigenvalue weighted by Gasteiger charge is -2.44. The van der Waals surface area contributed by atoms with E-state index in [1.54, 1.807) is 0 Å². The summed E-state index contributed by atoms with van der Waals surface area (Å²) < 4.78 is 0. The molecule has 4 unspecified atom stereocenters. The molecule has 0 spiro atoms. The molecule has 1 heterocycles. The quantitative estimate of drug-likeness (QED) is 0.832. The number of rotatable bonds is 2. The largest absolute Gasteiger partial charge is 0.481 e. The molecule has 0 aromatic heterocycles. The fraction of sp³-hybridized carbons (Fsp3) is 0.867. The van der Waals surface area contributed by atoms with Crippen LogP contribution < -0.4 is 0 Å². The van der Waals surface area contributed by atoms with Crippen LogP contribution >= 0.6 is 0 Å². The summed E-state index contributed by atoms with van der Waals surface area (Å²) in [6.07, 6.45) is 3.27. The van der Waals surface area contributed by atoms with Crippen LogP contribution in [0.5, 0.6) is 0 Å². The number of carbonyl (C=O) groups excluding carboxylic acids is 1. The van der Waals surface area contributed by atoms with Crippen molar-refractivity contribution in [2.45, 2.75) is 51.6 Å². The maximum absolute atomic E-state index is 12.7. The first kappa shape index (κ1) is 15.3. The number of carboxylic acid groups (broad SMARTS) is 1. The van der Waals surface area contributed by atoms with Crippen molar-refractivity contribution in [3.8, 4) is 0 Å². The van der Waals surface area contributed by atoms with Crippen LogP contribution in [0.25, 0.3) is 0 Å². The van der Waals surface area contributed by atoms with Gasteiger partial charge in [-0.3, -0.25) is 14.5 Å². The van der Waals surface area contributed by atoms with E-state index < -0.39 is 11.9 Å².